The first-order valence-electron chi connectivity index (χ1n) is 6.54. The van der Waals surface area contributed by atoms with Gasteiger partial charge in [-0.05, 0) is 23.6 Å². The van der Waals surface area contributed by atoms with Gasteiger partial charge in [-0.3, -0.25) is 4.98 Å². The predicted molar refractivity (Wildman–Crippen MR) is 88.6 cm³/mol. The van der Waals surface area contributed by atoms with Crippen LogP contribution in [0.15, 0.2) is 51.5 Å². The van der Waals surface area contributed by atoms with Crippen molar-refractivity contribution in [2.75, 3.05) is 6.54 Å². The van der Waals surface area contributed by atoms with Crippen molar-refractivity contribution in [3.05, 3.63) is 52.3 Å². The molecule has 0 bridgehead atoms. The van der Waals surface area contributed by atoms with Gasteiger partial charge in [0, 0.05) is 24.5 Å². The highest BCUT2D eigenvalue weighted by atomic mass is 32.2. The molecule has 0 aliphatic heterocycles. The zero-order valence-corrected chi connectivity index (χ0v) is 13.9. The lowest BCUT2D eigenvalue weighted by atomic mass is 10.3. The zero-order valence-electron chi connectivity index (χ0n) is 11.5. The van der Waals surface area contributed by atoms with E-state index in [-0.39, 0.29) is 0 Å². The van der Waals surface area contributed by atoms with Crippen LogP contribution in [0.1, 0.15) is 5.01 Å². The molecule has 0 aromatic carbocycles. The number of hydrogen-bond donors (Lipinski definition) is 1. The van der Waals surface area contributed by atoms with Gasteiger partial charge in [-0.15, -0.1) is 22.7 Å². The monoisotopic (exact) mass is 351 g/mol. The zero-order chi connectivity index (χ0) is 15.4. The Hall–Kier alpha value is -1.61. The summed E-state index contributed by atoms with van der Waals surface area (Å²) in [4.78, 5) is 8.74. The van der Waals surface area contributed by atoms with Gasteiger partial charge in [0.05, 0.1) is 16.4 Å². The minimum atomic E-state index is -3.40. The van der Waals surface area contributed by atoms with Crippen LogP contribution in [-0.2, 0) is 16.4 Å². The number of thiazole rings is 1. The Kier molecular flexibility index (Phi) is 4.63. The van der Waals surface area contributed by atoms with Crippen LogP contribution in [0.3, 0.4) is 0 Å². The second-order valence-electron chi connectivity index (χ2n) is 4.42. The van der Waals surface area contributed by atoms with E-state index in [1.165, 1.54) is 22.7 Å². The Labute approximate surface area is 136 Å². The van der Waals surface area contributed by atoms with Crippen LogP contribution < -0.4 is 4.72 Å². The number of nitrogens with one attached hydrogen (secondary N) is 1. The first kappa shape index (κ1) is 15.3. The molecule has 1 N–H and O–H groups in total. The number of pyridine rings is 1. The molecule has 0 fully saturated rings. The number of hydrogen-bond acceptors (Lipinski definition) is 6. The minimum absolute atomic E-state index is 0.329. The number of rotatable bonds is 6. The predicted octanol–water partition coefficient (Wildman–Crippen LogP) is 2.79. The Balaban J connectivity index is 1.60. The Morgan fingerprint density at radius 2 is 2.00 bits per heavy atom. The third-order valence-corrected chi connectivity index (χ3v) is 6.64. The summed E-state index contributed by atoms with van der Waals surface area (Å²) in [6, 6.07) is 8.99. The molecule has 3 aromatic heterocycles. The third kappa shape index (κ3) is 3.58. The Morgan fingerprint density at radius 3 is 2.73 bits per heavy atom. The summed E-state index contributed by atoms with van der Waals surface area (Å²) in [5.41, 5.74) is 1.64. The van der Waals surface area contributed by atoms with Gasteiger partial charge in [-0.2, -0.15) is 0 Å². The van der Waals surface area contributed by atoms with Crippen molar-refractivity contribution in [1.29, 1.82) is 0 Å². The van der Waals surface area contributed by atoms with Crippen molar-refractivity contribution in [1.82, 2.24) is 14.7 Å². The highest BCUT2D eigenvalue weighted by molar-refractivity contribution is 7.91. The second-order valence-corrected chi connectivity index (χ2v) is 8.31. The molecule has 3 aromatic rings. The molecule has 0 unspecified atom stereocenters. The molecule has 0 radical (unpaired) electrons. The number of nitrogens with zero attached hydrogens (tertiary/aromatic N) is 2. The molecule has 5 nitrogen and oxygen atoms in total. The fraction of sp³-hybridized carbons (Fsp3) is 0.143. The van der Waals surface area contributed by atoms with Gasteiger partial charge in [0.2, 0.25) is 10.0 Å². The number of aromatic nitrogens is 2. The van der Waals surface area contributed by atoms with Crippen LogP contribution in [0, 0.1) is 0 Å². The van der Waals surface area contributed by atoms with Crippen molar-refractivity contribution in [2.45, 2.75) is 10.6 Å². The van der Waals surface area contributed by atoms with Crippen molar-refractivity contribution in [3.63, 3.8) is 0 Å². The van der Waals surface area contributed by atoms with Gasteiger partial charge < -0.3 is 0 Å². The fourth-order valence-electron chi connectivity index (χ4n) is 1.84. The highest BCUT2D eigenvalue weighted by Crippen LogP contribution is 2.20. The molecular weight excluding hydrogens is 338 g/mol. The molecule has 0 atom stereocenters. The van der Waals surface area contributed by atoms with E-state index in [1.54, 1.807) is 23.7 Å². The summed E-state index contributed by atoms with van der Waals surface area (Å²) >= 11 is 2.71. The molecule has 3 heterocycles. The topological polar surface area (TPSA) is 72.0 Å². The molecule has 22 heavy (non-hydrogen) atoms. The first-order chi connectivity index (χ1) is 10.6. The van der Waals surface area contributed by atoms with Gasteiger partial charge in [-0.25, -0.2) is 18.1 Å². The van der Waals surface area contributed by atoms with Crippen molar-refractivity contribution >= 4 is 32.7 Å². The van der Waals surface area contributed by atoms with Crippen LogP contribution in [0.5, 0.6) is 0 Å². The summed E-state index contributed by atoms with van der Waals surface area (Å²) in [6.07, 6.45) is 2.28. The van der Waals surface area contributed by atoms with Crippen molar-refractivity contribution < 1.29 is 8.42 Å². The summed E-state index contributed by atoms with van der Waals surface area (Å²) < 4.78 is 26.9. The van der Waals surface area contributed by atoms with Crippen LogP contribution in [0.4, 0.5) is 0 Å². The lowest BCUT2D eigenvalue weighted by Crippen LogP contribution is -2.25. The number of sulfonamides is 1. The van der Waals surface area contributed by atoms with Gasteiger partial charge in [0.15, 0.2) is 0 Å². The average molecular weight is 351 g/mol. The average Bonchev–Trinajstić information content (AvgIpc) is 3.20. The van der Waals surface area contributed by atoms with Gasteiger partial charge >= 0.3 is 0 Å². The van der Waals surface area contributed by atoms with E-state index in [2.05, 4.69) is 14.7 Å². The van der Waals surface area contributed by atoms with Crippen LogP contribution in [0.25, 0.3) is 11.4 Å². The summed E-state index contributed by atoms with van der Waals surface area (Å²) in [5.74, 6) is 0. The molecule has 8 heteroatoms. The van der Waals surface area contributed by atoms with E-state index in [0.717, 1.165) is 16.4 Å². The maximum absolute atomic E-state index is 12.0. The molecule has 0 saturated heterocycles. The maximum atomic E-state index is 12.0. The summed E-state index contributed by atoms with van der Waals surface area (Å²) in [5, 5.41) is 4.56. The van der Waals surface area contributed by atoms with Crippen LogP contribution in [0.2, 0.25) is 0 Å². The van der Waals surface area contributed by atoms with E-state index < -0.39 is 10.0 Å². The fourth-order valence-corrected chi connectivity index (χ4v) is 4.70. The Bertz CT molecular complexity index is 827. The van der Waals surface area contributed by atoms with Crippen LogP contribution in [-0.4, -0.2) is 24.9 Å². The summed E-state index contributed by atoms with van der Waals surface area (Å²) in [6.45, 7) is 0.329. The molecule has 0 aliphatic rings. The third-order valence-electron chi connectivity index (χ3n) is 2.87. The van der Waals surface area contributed by atoms with Gasteiger partial charge in [-0.1, -0.05) is 12.1 Å². The first-order valence-corrected chi connectivity index (χ1v) is 9.78. The maximum Gasteiger partial charge on any atom is 0.250 e. The molecular formula is C14H13N3O2S3. The smallest absolute Gasteiger partial charge is 0.250 e. The van der Waals surface area contributed by atoms with E-state index in [0.29, 0.717) is 17.2 Å². The lowest BCUT2D eigenvalue weighted by Gasteiger charge is -2.02. The number of thiophene rings is 1. The van der Waals surface area contributed by atoms with E-state index in [4.69, 9.17) is 0 Å². The van der Waals surface area contributed by atoms with Crippen molar-refractivity contribution in [3.8, 4) is 11.4 Å². The summed E-state index contributed by atoms with van der Waals surface area (Å²) in [7, 11) is -3.40. The molecule has 0 amide bonds. The van der Waals surface area contributed by atoms with Crippen LogP contribution >= 0.6 is 22.7 Å². The molecule has 0 saturated carbocycles. The van der Waals surface area contributed by atoms with E-state index >= 15 is 0 Å². The van der Waals surface area contributed by atoms with E-state index in [9.17, 15) is 8.42 Å². The molecule has 114 valence electrons. The van der Waals surface area contributed by atoms with Gasteiger partial charge in [0.25, 0.3) is 0 Å². The van der Waals surface area contributed by atoms with Gasteiger partial charge in [0.1, 0.15) is 4.21 Å². The van der Waals surface area contributed by atoms with Crippen molar-refractivity contribution in [2.24, 2.45) is 0 Å². The largest absolute Gasteiger partial charge is 0.255 e. The molecule has 0 spiro atoms. The second kappa shape index (κ2) is 6.66. The highest BCUT2D eigenvalue weighted by Gasteiger charge is 2.14. The quantitative estimate of drug-likeness (QED) is 0.741. The standard InChI is InChI=1S/C14H13N3O2S3/c18-22(19,14-5-3-9-20-14)16-8-6-13-17-12(10-21-13)11-4-1-2-7-15-11/h1-5,7,9-10,16H,6,8H2. The lowest BCUT2D eigenvalue weighted by molar-refractivity contribution is 0.583. The normalized spacial score (nSPS) is 11.6. The molecule has 0 aliphatic carbocycles. The van der Waals surface area contributed by atoms with E-state index in [1.807, 2.05) is 23.6 Å². The minimum Gasteiger partial charge on any atom is -0.255 e. The Morgan fingerprint density at radius 1 is 1.09 bits per heavy atom. The molecule has 3 rings (SSSR count). The SMILES string of the molecule is O=S(=O)(NCCc1nc(-c2ccccn2)cs1)c1cccs1.